The summed E-state index contributed by atoms with van der Waals surface area (Å²) < 4.78 is 18.1. The largest absolute Gasteiger partial charge is 0.326 e. The normalized spacial score (nSPS) is 16.9. The number of likely N-dealkylation sites (tertiary alicyclic amines) is 1. The summed E-state index contributed by atoms with van der Waals surface area (Å²) >= 11 is 3.25. The summed E-state index contributed by atoms with van der Waals surface area (Å²) in [5.41, 5.74) is 3.92. The lowest BCUT2D eigenvalue weighted by molar-refractivity contribution is -0.137. The lowest BCUT2D eigenvalue weighted by Crippen LogP contribution is -2.44. The summed E-state index contributed by atoms with van der Waals surface area (Å²) in [5.74, 6) is -0.990. The topological polar surface area (TPSA) is 127 Å². The van der Waals surface area contributed by atoms with E-state index in [0.717, 1.165) is 22.5 Å². The Morgan fingerprint density at radius 3 is 2.73 bits per heavy atom. The van der Waals surface area contributed by atoms with Crippen molar-refractivity contribution in [2.75, 3.05) is 11.9 Å². The van der Waals surface area contributed by atoms with E-state index in [1.54, 1.807) is 35.0 Å². The van der Waals surface area contributed by atoms with Gasteiger partial charge in [0.25, 0.3) is 0 Å². The number of aryl methyl sites for hydroxylation is 1. The van der Waals surface area contributed by atoms with Crippen LogP contribution in [-0.2, 0) is 16.1 Å². The van der Waals surface area contributed by atoms with Gasteiger partial charge in [0.1, 0.15) is 34.9 Å². The summed E-state index contributed by atoms with van der Waals surface area (Å²) in [4.78, 5) is 48.8. The standard InChI is InChI=1S/C28H24BrFN8O3/c1-15-8-25-31-11-18(12-38(25)34-15)17-6-7-21-20(9-17)27(16(2)39)35-37(21)14-26(40)36-13-19(30)10-22(36)28(41)33-24-5-3-4-23(29)32-24/h3-9,11-12,19,22H,10,13-14H2,1-2H3,(H,32,33,41)/t19-,22+/m1/s1. The van der Waals surface area contributed by atoms with Gasteiger partial charge in [0.05, 0.1) is 17.8 Å². The smallest absolute Gasteiger partial charge is 0.248 e. The van der Waals surface area contributed by atoms with E-state index in [1.807, 2.05) is 31.3 Å². The molecule has 0 aliphatic carbocycles. The fraction of sp³-hybridized carbons (Fsp3) is 0.250. The molecule has 1 saturated heterocycles. The molecule has 11 nitrogen and oxygen atoms in total. The number of alkyl halides is 1. The number of hydrogen-bond donors (Lipinski definition) is 1. The van der Waals surface area contributed by atoms with Gasteiger partial charge in [-0.2, -0.15) is 10.2 Å². The number of nitrogens with one attached hydrogen (secondary N) is 1. The molecule has 0 unspecified atom stereocenters. The zero-order valence-electron chi connectivity index (χ0n) is 22.1. The van der Waals surface area contributed by atoms with Crippen LogP contribution in [0, 0.1) is 6.92 Å². The Kier molecular flexibility index (Phi) is 6.81. The number of Topliss-reactive ketones (excluding diaryl/α,β-unsaturated/α-hetero) is 1. The first-order valence-corrected chi connectivity index (χ1v) is 13.7. The van der Waals surface area contributed by atoms with Gasteiger partial charge in [-0.25, -0.2) is 18.9 Å². The fourth-order valence-electron chi connectivity index (χ4n) is 5.10. The molecule has 0 radical (unpaired) electrons. The molecular formula is C28H24BrFN8O3. The minimum Gasteiger partial charge on any atom is -0.326 e. The van der Waals surface area contributed by atoms with Gasteiger partial charge in [-0.1, -0.05) is 12.1 Å². The molecule has 0 bridgehead atoms. The van der Waals surface area contributed by atoms with E-state index < -0.39 is 24.0 Å². The predicted octanol–water partition coefficient (Wildman–Crippen LogP) is 3.99. The Morgan fingerprint density at radius 1 is 1.12 bits per heavy atom. The first-order valence-electron chi connectivity index (χ1n) is 12.9. The zero-order valence-corrected chi connectivity index (χ0v) is 23.7. The van der Waals surface area contributed by atoms with Crippen LogP contribution in [0.2, 0.25) is 0 Å². The quantitative estimate of drug-likeness (QED) is 0.225. The molecule has 4 aromatic heterocycles. The number of hydrogen-bond acceptors (Lipinski definition) is 7. The minimum absolute atomic E-state index is 0.123. The van der Waals surface area contributed by atoms with Crippen molar-refractivity contribution in [3.63, 3.8) is 0 Å². The third-order valence-corrected chi connectivity index (χ3v) is 7.42. The van der Waals surface area contributed by atoms with Gasteiger partial charge in [-0.3, -0.25) is 19.1 Å². The van der Waals surface area contributed by atoms with Gasteiger partial charge < -0.3 is 10.2 Å². The zero-order chi connectivity index (χ0) is 28.8. The number of nitrogens with zero attached hydrogens (tertiary/aromatic N) is 7. The average molecular weight is 619 g/mol. The van der Waals surface area contributed by atoms with Crippen LogP contribution in [0.5, 0.6) is 0 Å². The van der Waals surface area contributed by atoms with E-state index >= 15 is 0 Å². The summed E-state index contributed by atoms with van der Waals surface area (Å²) in [5, 5.41) is 12.1. The van der Waals surface area contributed by atoms with E-state index in [0.29, 0.717) is 15.5 Å². The number of rotatable bonds is 6. The maximum Gasteiger partial charge on any atom is 0.248 e. The molecule has 0 saturated carbocycles. The molecule has 13 heteroatoms. The predicted molar refractivity (Wildman–Crippen MR) is 152 cm³/mol. The summed E-state index contributed by atoms with van der Waals surface area (Å²) in [7, 11) is 0. The molecule has 208 valence electrons. The number of benzene rings is 1. The maximum absolute atomic E-state index is 14.5. The number of pyridine rings is 1. The number of amides is 2. The third kappa shape index (κ3) is 5.20. The maximum atomic E-state index is 14.5. The first-order chi connectivity index (χ1) is 19.7. The molecule has 1 fully saturated rings. The van der Waals surface area contributed by atoms with Gasteiger partial charge in [0.15, 0.2) is 11.4 Å². The molecular weight excluding hydrogens is 595 g/mol. The van der Waals surface area contributed by atoms with Gasteiger partial charge in [0, 0.05) is 42.8 Å². The van der Waals surface area contributed by atoms with Crippen LogP contribution in [0.3, 0.4) is 0 Å². The summed E-state index contributed by atoms with van der Waals surface area (Å²) in [6.07, 6.45) is 2.11. The Morgan fingerprint density at radius 2 is 1.95 bits per heavy atom. The summed E-state index contributed by atoms with van der Waals surface area (Å²) in [6.45, 7) is 2.81. The van der Waals surface area contributed by atoms with E-state index in [-0.39, 0.29) is 36.8 Å². The van der Waals surface area contributed by atoms with Crippen LogP contribution in [0.4, 0.5) is 10.2 Å². The van der Waals surface area contributed by atoms with Crippen molar-refractivity contribution in [3.05, 3.63) is 70.8 Å². The van der Waals surface area contributed by atoms with Gasteiger partial charge in [0.2, 0.25) is 11.8 Å². The Labute approximate surface area is 241 Å². The highest BCUT2D eigenvalue weighted by atomic mass is 79.9. The van der Waals surface area contributed by atoms with Crippen LogP contribution in [-0.4, -0.2) is 70.6 Å². The fourth-order valence-corrected chi connectivity index (χ4v) is 5.44. The highest BCUT2D eigenvalue weighted by Crippen LogP contribution is 2.28. The van der Waals surface area contributed by atoms with Crippen molar-refractivity contribution in [2.45, 2.75) is 39.0 Å². The van der Waals surface area contributed by atoms with Crippen molar-refractivity contribution in [3.8, 4) is 11.1 Å². The molecule has 1 aromatic carbocycles. The molecule has 6 rings (SSSR count). The number of carbonyl (C=O) groups is 3. The first kappa shape index (κ1) is 26.7. The highest BCUT2D eigenvalue weighted by Gasteiger charge is 2.40. The molecule has 0 spiro atoms. The second kappa shape index (κ2) is 10.5. The molecule has 41 heavy (non-hydrogen) atoms. The van der Waals surface area contributed by atoms with Crippen molar-refractivity contribution >= 4 is 55.9 Å². The second-order valence-electron chi connectivity index (χ2n) is 9.96. The number of ketones is 1. The average Bonchev–Trinajstić information content (AvgIpc) is 3.62. The third-order valence-electron chi connectivity index (χ3n) is 6.98. The number of carbonyl (C=O) groups excluding carboxylic acids is 3. The monoisotopic (exact) mass is 618 g/mol. The van der Waals surface area contributed by atoms with Crippen molar-refractivity contribution in [2.24, 2.45) is 0 Å². The van der Waals surface area contributed by atoms with Crippen molar-refractivity contribution < 1.29 is 18.8 Å². The van der Waals surface area contributed by atoms with Crippen LogP contribution in [0.1, 0.15) is 29.5 Å². The molecule has 2 amide bonds. The van der Waals surface area contributed by atoms with Gasteiger partial charge in [-0.15, -0.1) is 0 Å². The Balaban J connectivity index is 1.28. The summed E-state index contributed by atoms with van der Waals surface area (Å²) in [6, 6.07) is 11.3. The minimum atomic E-state index is -1.35. The van der Waals surface area contributed by atoms with E-state index in [2.05, 4.69) is 41.4 Å². The van der Waals surface area contributed by atoms with Crippen molar-refractivity contribution in [1.82, 2.24) is 34.3 Å². The molecule has 1 aliphatic rings. The van der Waals surface area contributed by atoms with Gasteiger partial charge in [-0.05, 0) is 52.7 Å². The Hall–Kier alpha value is -4.52. The van der Waals surface area contributed by atoms with Crippen molar-refractivity contribution in [1.29, 1.82) is 0 Å². The second-order valence-corrected chi connectivity index (χ2v) is 10.8. The highest BCUT2D eigenvalue weighted by molar-refractivity contribution is 9.10. The molecule has 1 aliphatic heterocycles. The number of aromatic nitrogens is 6. The van der Waals surface area contributed by atoms with E-state index in [4.69, 9.17) is 0 Å². The van der Waals surface area contributed by atoms with Crippen LogP contribution in [0.15, 0.2) is 59.5 Å². The van der Waals surface area contributed by atoms with Crippen LogP contribution in [0.25, 0.3) is 27.7 Å². The van der Waals surface area contributed by atoms with Crippen LogP contribution < -0.4 is 5.32 Å². The van der Waals surface area contributed by atoms with E-state index in [9.17, 15) is 18.8 Å². The number of fused-ring (bicyclic) bond motifs is 2. The SMILES string of the molecule is CC(=O)c1nn(CC(=O)N2C[C@H](F)C[C@H]2C(=O)Nc2cccc(Br)n2)c2ccc(-c3cnc4cc(C)nn4c3)cc12. The molecule has 1 N–H and O–H groups in total. The van der Waals surface area contributed by atoms with Gasteiger partial charge >= 0.3 is 0 Å². The van der Waals surface area contributed by atoms with E-state index in [1.165, 1.54) is 16.5 Å². The number of halogens is 2. The number of anilines is 1. The molecule has 5 aromatic rings. The lowest BCUT2D eigenvalue weighted by atomic mass is 10.0. The Bertz CT molecular complexity index is 1850. The molecule has 2 atom stereocenters. The lowest BCUT2D eigenvalue weighted by Gasteiger charge is -2.23. The van der Waals surface area contributed by atoms with Crippen LogP contribution >= 0.6 is 15.9 Å². The molecule has 5 heterocycles.